The summed E-state index contributed by atoms with van der Waals surface area (Å²) in [5.74, 6) is 0.868. The molecule has 0 saturated carbocycles. The van der Waals surface area contributed by atoms with Crippen molar-refractivity contribution in [2.45, 2.75) is 39.0 Å². The van der Waals surface area contributed by atoms with Gasteiger partial charge in [-0.3, -0.25) is 4.98 Å². The predicted molar refractivity (Wildman–Crippen MR) is 84.2 cm³/mol. The fourth-order valence-corrected chi connectivity index (χ4v) is 1.51. The molecule has 1 aromatic heterocycles. The van der Waals surface area contributed by atoms with Crippen molar-refractivity contribution in [1.82, 2.24) is 4.98 Å². The van der Waals surface area contributed by atoms with E-state index < -0.39 is 14.2 Å². The Bertz CT molecular complexity index is 323. The van der Waals surface area contributed by atoms with E-state index in [0.29, 0.717) is 0 Å². The van der Waals surface area contributed by atoms with Crippen LogP contribution >= 0.6 is 28.3 Å². The van der Waals surface area contributed by atoms with Crippen LogP contribution in [0.4, 0.5) is 0 Å². The third-order valence-electron chi connectivity index (χ3n) is 2.50. The molecule has 20 heavy (non-hydrogen) atoms. The van der Waals surface area contributed by atoms with E-state index in [-0.39, 0.29) is 0 Å². The number of rotatable bonds is 8. The average molecular weight is 524 g/mol. The molecule has 3 nitrogen and oxygen atoms in total. The van der Waals surface area contributed by atoms with Crippen molar-refractivity contribution >= 4 is 28.3 Å². The molecular formula is C13H22Cl3N2OPt. The van der Waals surface area contributed by atoms with Crippen LogP contribution in [0.25, 0.3) is 0 Å². The van der Waals surface area contributed by atoms with Crippen molar-refractivity contribution < 1.29 is 18.9 Å². The summed E-state index contributed by atoms with van der Waals surface area (Å²) in [6, 6.07) is 3.94. The number of unbranched alkanes of at least 4 members (excludes halogenated alkanes) is 4. The Morgan fingerprint density at radius 1 is 1.10 bits per heavy atom. The van der Waals surface area contributed by atoms with Crippen LogP contribution in [0.15, 0.2) is 18.3 Å². The van der Waals surface area contributed by atoms with Gasteiger partial charge in [0, 0.05) is 5.69 Å². The predicted octanol–water partition coefficient (Wildman–Crippen LogP) is 4.74. The number of nitrogens with two attached hydrogens (primary N) is 1. The van der Waals surface area contributed by atoms with Crippen LogP contribution in [0.3, 0.4) is 0 Å². The Kier molecular flexibility index (Phi) is 14.7. The van der Waals surface area contributed by atoms with Crippen LogP contribution in [-0.4, -0.2) is 18.1 Å². The molecule has 0 atom stereocenters. The van der Waals surface area contributed by atoms with Gasteiger partial charge in [0.25, 0.3) is 0 Å². The Morgan fingerprint density at radius 3 is 2.25 bits per heavy atom. The Hall–Kier alpha value is 0.468. The number of halogens is 3. The molecule has 0 aromatic carbocycles. The van der Waals surface area contributed by atoms with Gasteiger partial charge in [-0.2, -0.15) is 0 Å². The van der Waals surface area contributed by atoms with E-state index in [9.17, 15) is 0 Å². The summed E-state index contributed by atoms with van der Waals surface area (Å²) in [5, 5.41) is 0. The molecular weight excluding hydrogens is 502 g/mol. The maximum absolute atomic E-state index is 5.58. The SMILES string of the molecule is Cc1ccc(OCCCCCCCN)cn1.[Cl][Pt]([Cl])[Cl]. The van der Waals surface area contributed by atoms with Gasteiger partial charge in [-0.1, -0.05) is 19.3 Å². The van der Waals surface area contributed by atoms with E-state index in [2.05, 4.69) is 4.98 Å². The Morgan fingerprint density at radius 2 is 1.70 bits per heavy atom. The molecule has 0 fully saturated rings. The van der Waals surface area contributed by atoms with Crippen molar-refractivity contribution in [2.75, 3.05) is 13.2 Å². The van der Waals surface area contributed by atoms with Crippen LogP contribution < -0.4 is 10.5 Å². The molecule has 0 bridgehead atoms. The van der Waals surface area contributed by atoms with Gasteiger partial charge >= 0.3 is 42.4 Å². The van der Waals surface area contributed by atoms with E-state index in [4.69, 9.17) is 38.7 Å². The van der Waals surface area contributed by atoms with Crippen molar-refractivity contribution in [2.24, 2.45) is 5.73 Å². The van der Waals surface area contributed by atoms with Gasteiger partial charge < -0.3 is 10.5 Å². The first kappa shape index (κ1) is 20.5. The molecule has 0 aliphatic heterocycles. The summed E-state index contributed by atoms with van der Waals surface area (Å²) >= 11 is -1.85. The molecule has 0 spiro atoms. The van der Waals surface area contributed by atoms with Gasteiger partial charge in [-0.15, -0.1) is 0 Å². The van der Waals surface area contributed by atoms with Crippen molar-refractivity contribution in [3.63, 3.8) is 0 Å². The van der Waals surface area contributed by atoms with Gasteiger partial charge in [-0.05, 0) is 38.4 Å². The number of aryl methyl sites for hydroxylation is 1. The molecule has 0 saturated heterocycles. The van der Waals surface area contributed by atoms with Gasteiger partial charge in [-0.25, -0.2) is 0 Å². The van der Waals surface area contributed by atoms with Crippen LogP contribution in [0.1, 0.15) is 37.8 Å². The summed E-state index contributed by atoms with van der Waals surface area (Å²) in [4.78, 5) is 4.18. The normalized spacial score (nSPS) is 10.6. The molecule has 1 aromatic rings. The van der Waals surface area contributed by atoms with Crippen molar-refractivity contribution in [1.29, 1.82) is 0 Å². The standard InChI is InChI=1S/C13H22N2O.3ClH.Pt/c1-12-7-8-13(11-15-12)16-10-6-4-2-3-5-9-14;;;;/h7-8,11H,2-6,9-10,14H2,1H3;3*1H;/q;;;;+3/p-3. The topological polar surface area (TPSA) is 48.1 Å². The van der Waals surface area contributed by atoms with E-state index in [0.717, 1.165) is 37.4 Å². The monoisotopic (exact) mass is 522 g/mol. The first-order valence-corrected chi connectivity index (χ1v) is 14.9. The summed E-state index contributed by atoms with van der Waals surface area (Å²) < 4.78 is 5.58. The van der Waals surface area contributed by atoms with E-state index in [1.54, 1.807) is 6.20 Å². The maximum atomic E-state index is 5.58. The average Bonchev–Trinajstić information content (AvgIpc) is 2.39. The zero-order chi connectivity index (χ0) is 15.2. The molecule has 2 N–H and O–H groups in total. The summed E-state index contributed by atoms with van der Waals surface area (Å²) in [6.07, 6.45) is 7.75. The molecule has 0 unspecified atom stereocenters. The third kappa shape index (κ3) is 14.9. The first-order valence-electron chi connectivity index (χ1n) is 6.44. The quantitative estimate of drug-likeness (QED) is 0.501. The van der Waals surface area contributed by atoms with E-state index in [1.165, 1.54) is 19.3 Å². The van der Waals surface area contributed by atoms with Crippen LogP contribution in [0.2, 0.25) is 0 Å². The van der Waals surface area contributed by atoms with Crippen molar-refractivity contribution in [3.8, 4) is 5.75 Å². The molecule has 0 aliphatic rings. The molecule has 1 heterocycles. The molecule has 7 heteroatoms. The third-order valence-corrected chi connectivity index (χ3v) is 2.50. The van der Waals surface area contributed by atoms with E-state index in [1.807, 2.05) is 19.1 Å². The van der Waals surface area contributed by atoms with Crippen LogP contribution in [-0.2, 0) is 14.2 Å². The summed E-state index contributed by atoms with van der Waals surface area (Å²) in [7, 11) is 14.9. The molecule has 0 aliphatic carbocycles. The second-order valence-corrected chi connectivity index (χ2v) is 14.0. The Labute approximate surface area is 139 Å². The Balaban J connectivity index is 0.000000796. The number of hydrogen-bond donors (Lipinski definition) is 1. The number of aromatic nitrogens is 1. The fraction of sp³-hybridized carbons (Fsp3) is 0.615. The van der Waals surface area contributed by atoms with Gasteiger partial charge in [0.1, 0.15) is 5.75 Å². The second kappa shape index (κ2) is 14.4. The molecule has 121 valence electrons. The minimum atomic E-state index is -1.85. The number of nitrogens with zero attached hydrogens (tertiary/aromatic N) is 1. The van der Waals surface area contributed by atoms with Crippen LogP contribution in [0.5, 0.6) is 5.75 Å². The van der Waals surface area contributed by atoms with Gasteiger partial charge in [0.2, 0.25) is 0 Å². The first-order chi connectivity index (χ1) is 9.56. The van der Waals surface area contributed by atoms with E-state index >= 15 is 0 Å². The van der Waals surface area contributed by atoms with Crippen molar-refractivity contribution in [3.05, 3.63) is 24.0 Å². The molecule has 1 rings (SSSR count). The summed E-state index contributed by atoms with van der Waals surface area (Å²) in [6.45, 7) is 3.57. The fourth-order valence-electron chi connectivity index (χ4n) is 1.51. The van der Waals surface area contributed by atoms with Gasteiger partial charge in [0.05, 0.1) is 12.8 Å². The second-order valence-electron chi connectivity index (χ2n) is 4.18. The zero-order valence-corrected chi connectivity index (χ0v) is 16.1. The molecule has 0 amide bonds. The molecule has 0 radical (unpaired) electrons. The zero-order valence-electron chi connectivity index (χ0n) is 11.6. The summed E-state index contributed by atoms with van der Waals surface area (Å²) in [5.41, 5.74) is 6.45. The number of pyridine rings is 1. The van der Waals surface area contributed by atoms with Gasteiger partial charge in [0.15, 0.2) is 0 Å². The number of ether oxygens (including phenoxy) is 1. The minimum absolute atomic E-state index is 0.785. The van der Waals surface area contributed by atoms with Crippen LogP contribution in [0, 0.1) is 6.92 Å². The number of hydrogen-bond acceptors (Lipinski definition) is 3.